The molecule has 1 aromatic heterocycles. The molecular weight excluding hydrogens is 437 g/mol. The Morgan fingerprint density at radius 3 is 2.38 bits per heavy atom. The molecule has 1 aliphatic heterocycles. The number of carboxylic acid groups (broad SMARTS) is 1. The van der Waals surface area contributed by atoms with Gasteiger partial charge in [-0.2, -0.15) is 0 Å². The van der Waals surface area contributed by atoms with Crippen molar-refractivity contribution in [3.8, 4) is 0 Å². The standard InChI is InChI=1S/C19H17Cl2N3O4S/c20-13-2-1-3-14(12-13)29(27,28)24-7-6-15-17(24)5-4-16(21)18(15)22-8-10-23(11-9-22)19(25)26/h1-7,12H,8-11H2,(H,25,26). The van der Waals surface area contributed by atoms with Gasteiger partial charge in [-0.3, -0.25) is 0 Å². The Balaban J connectivity index is 1.77. The fraction of sp³-hybridized carbons (Fsp3) is 0.211. The van der Waals surface area contributed by atoms with Crippen LogP contribution in [0.25, 0.3) is 10.9 Å². The molecular formula is C19H17Cl2N3O4S. The van der Waals surface area contributed by atoms with Crippen LogP contribution in [0.3, 0.4) is 0 Å². The maximum atomic E-state index is 13.1. The van der Waals surface area contributed by atoms with E-state index in [0.29, 0.717) is 52.8 Å². The number of piperazine rings is 1. The summed E-state index contributed by atoms with van der Waals surface area (Å²) in [5.41, 5.74) is 1.19. The maximum absolute atomic E-state index is 13.1. The van der Waals surface area contributed by atoms with Crippen LogP contribution >= 0.6 is 23.2 Å². The van der Waals surface area contributed by atoms with E-state index >= 15 is 0 Å². The second-order valence-electron chi connectivity index (χ2n) is 6.66. The molecule has 3 aromatic rings. The molecule has 1 aliphatic rings. The summed E-state index contributed by atoms with van der Waals surface area (Å²) in [6.45, 7) is 1.64. The van der Waals surface area contributed by atoms with Gasteiger partial charge in [-0.1, -0.05) is 29.3 Å². The van der Waals surface area contributed by atoms with Crippen LogP contribution in [0.5, 0.6) is 0 Å². The van der Waals surface area contributed by atoms with Gasteiger partial charge in [0.15, 0.2) is 0 Å². The zero-order valence-corrected chi connectivity index (χ0v) is 17.5. The zero-order valence-electron chi connectivity index (χ0n) is 15.1. The van der Waals surface area contributed by atoms with Gasteiger partial charge in [-0.15, -0.1) is 0 Å². The van der Waals surface area contributed by atoms with Crippen molar-refractivity contribution in [2.45, 2.75) is 4.90 Å². The van der Waals surface area contributed by atoms with Crippen LogP contribution in [0.4, 0.5) is 10.5 Å². The topological polar surface area (TPSA) is 82.8 Å². The molecule has 1 fully saturated rings. The summed E-state index contributed by atoms with van der Waals surface area (Å²) in [4.78, 5) is 14.6. The molecule has 0 saturated carbocycles. The average molecular weight is 454 g/mol. The number of hydrogen-bond acceptors (Lipinski definition) is 4. The minimum atomic E-state index is -3.84. The van der Waals surface area contributed by atoms with E-state index in [1.54, 1.807) is 30.3 Å². The van der Waals surface area contributed by atoms with Crippen LogP contribution in [-0.2, 0) is 10.0 Å². The van der Waals surface area contributed by atoms with Gasteiger partial charge in [0, 0.05) is 42.8 Å². The summed E-state index contributed by atoms with van der Waals surface area (Å²) in [6.07, 6.45) is 0.543. The lowest BCUT2D eigenvalue weighted by Crippen LogP contribution is -2.48. The monoisotopic (exact) mass is 453 g/mol. The van der Waals surface area contributed by atoms with E-state index in [4.69, 9.17) is 28.3 Å². The number of aromatic nitrogens is 1. The Morgan fingerprint density at radius 1 is 1.00 bits per heavy atom. The normalized spacial score (nSPS) is 15.1. The molecule has 29 heavy (non-hydrogen) atoms. The van der Waals surface area contributed by atoms with E-state index in [0.717, 1.165) is 0 Å². The highest BCUT2D eigenvalue weighted by molar-refractivity contribution is 7.90. The van der Waals surface area contributed by atoms with Crippen molar-refractivity contribution in [1.29, 1.82) is 0 Å². The van der Waals surface area contributed by atoms with Gasteiger partial charge in [0.2, 0.25) is 0 Å². The van der Waals surface area contributed by atoms with Crippen LogP contribution < -0.4 is 4.90 Å². The van der Waals surface area contributed by atoms with Crippen LogP contribution in [-0.4, -0.2) is 54.7 Å². The number of amides is 1. The Hall–Kier alpha value is -2.42. The molecule has 1 amide bonds. The number of nitrogens with zero attached hydrogens (tertiary/aromatic N) is 3. The van der Waals surface area contributed by atoms with Crippen molar-refractivity contribution in [3.05, 3.63) is 58.7 Å². The molecule has 0 unspecified atom stereocenters. The molecule has 1 N–H and O–H groups in total. The summed E-state index contributed by atoms with van der Waals surface area (Å²) in [5.74, 6) is 0. The van der Waals surface area contributed by atoms with Gasteiger partial charge in [0.05, 0.1) is 21.1 Å². The molecule has 10 heteroatoms. The van der Waals surface area contributed by atoms with E-state index in [1.807, 2.05) is 4.90 Å². The molecule has 0 aliphatic carbocycles. The fourth-order valence-corrected chi connectivity index (χ4v) is 5.48. The number of hydrogen-bond donors (Lipinski definition) is 1. The third kappa shape index (κ3) is 3.52. The second kappa shape index (κ2) is 7.44. The number of anilines is 1. The quantitative estimate of drug-likeness (QED) is 0.648. The van der Waals surface area contributed by atoms with Gasteiger partial charge in [0.25, 0.3) is 10.0 Å². The van der Waals surface area contributed by atoms with Gasteiger partial charge in [-0.25, -0.2) is 17.2 Å². The van der Waals surface area contributed by atoms with E-state index < -0.39 is 16.1 Å². The van der Waals surface area contributed by atoms with Crippen molar-refractivity contribution in [2.75, 3.05) is 31.1 Å². The lowest BCUT2D eigenvalue weighted by atomic mass is 10.1. The summed E-state index contributed by atoms with van der Waals surface area (Å²) < 4.78 is 27.5. The van der Waals surface area contributed by atoms with E-state index in [-0.39, 0.29) is 4.90 Å². The number of benzene rings is 2. The van der Waals surface area contributed by atoms with Crippen molar-refractivity contribution in [3.63, 3.8) is 0 Å². The highest BCUT2D eigenvalue weighted by Gasteiger charge is 2.26. The van der Waals surface area contributed by atoms with Crippen molar-refractivity contribution in [2.24, 2.45) is 0 Å². The second-order valence-corrected chi connectivity index (χ2v) is 9.32. The van der Waals surface area contributed by atoms with Crippen LogP contribution in [0.1, 0.15) is 0 Å². The number of halogens is 2. The first-order valence-electron chi connectivity index (χ1n) is 8.82. The minimum absolute atomic E-state index is 0.0917. The highest BCUT2D eigenvalue weighted by atomic mass is 35.5. The van der Waals surface area contributed by atoms with Crippen molar-refractivity contribution < 1.29 is 18.3 Å². The molecule has 2 aromatic carbocycles. The average Bonchev–Trinajstić information content (AvgIpc) is 3.13. The largest absolute Gasteiger partial charge is 0.465 e. The molecule has 0 radical (unpaired) electrons. The third-order valence-corrected chi connectivity index (χ3v) is 7.20. The smallest absolute Gasteiger partial charge is 0.407 e. The third-order valence-electron chi connectivity index (χ3n) is 4.98. The van der Waals surface area contributed by atoms with Crippen LogP contribution in [0.15, 0.2) is 53.6 Å². The Labute approximate surface area is 177 Å². The van der Waals surface area contributed by atoms with Crippen LogP contribution in [0.2, 0.25) is 10.0 Å². The molecule has 0 atom stereocenters. The Bertz CT molecular complexity index is 1200. The maximum Gasteiger partial charge on any atom is 0.407 e. The number of carbonyl (C=O) groups is 1. The molecule has 1 saturated heterocycles. The molecule has 152 valence electrons. The van der Waals surface area contributed by atoms with E-state index in [1.165, 1.54) is 27.2 Å². The first-order valence-corrected chi connectivity index (χ1v) is 11.0. The first-order chi connectivity index (χ1) is 13.8. The fourth-order valence-electron chi connectivity index (χ4n) is 3.54. The minimum Gasteiger partial charge on any atom is -0.465 e. The highest BCUT2D eigenvalue weighted by Crippen LogP contribution is 2.37. The van der Waals surface area contributed by atoms with Gasteiger partial charge < -0.3 is 14.9 Å². The van der Waals surface area contributed by atoms with Crippen molar-refractivity contribution >= 4 is 55.9 Å². The van der Waals surface area contributed by atoms with E-state index in [2.05, 4.69) is 0 Å². The summed E-state index contributed by atoms with van der Waals surface area (Å²) in [6, 6.07) is 11.1. The van der Waals surface area contributed by atoms with Gasteiger partial charge in [0.1, 0.15) is 0 Å². The molecule has 0 bridgehead atoms. The first kappa shape index (κ1) is 19.9. The number of rotatable bonds is 3. The molecule has 0 spiro atoms. The predicted octanol–water partition coefficient (Wildman–Crippen LogP) is 3.99. The summed E-state index contributed by atoms with van der Waals surface area (Å²) >= 11 is 12.4. The van der Waals surface area contributed by atoms with Crippen molar-refractivity contribution in [1.82, 2.24) is 8.87 Å². The van der Waals surface area contributed by atoms with Crippen LogP contribution in [0, 0.1) is 0 Å². The molecule has 2 heterocycles. The van der Waals surface area contributed by atoms with Gasteiger partial charge in [-0.05, 0) is 36.4 Å². The molecule has 7 nitrogen and oxygen atoms in total. The Kier molecular flexibility index (Phi) is 5.10. The predicted molar refractivity (Wildman–Crippen MR) is 113 cm³/mol. The Morgan fingerprint density at radius 2 is 1.72 bits per heavy atom. The lowest BCUT2D eigenvalue weighted by molar-refractivity contribution is 0.142. The molecule has 4 rings (SSSR count). The van der Waals surface area contributed by atoms with E-state index in [9.17, 15) is 13.2 Å². The number of fused-ring (bicyclic) bond motifs is 1. The summed E-state index contributed by atoms with van der Waals surface area (Å²) in [5, 5.41) is 10.7. The zero-order chi connectivity index (χ0) is 20.8. The lowest BCUT2D eigenvalue weighted by Gasteiger charge is -2.35. The van der Waals surface area contributed by atoms with Gasteiger partial charge >= 0.3 is 6.09 Å². The summed E-state index contributed by atoms with van der Waals surface area (Å²) in [7, 11) is -3.84. The SMILES string of the molecule is O=C(O)N1CCN(c2c(Cl)ccc3c2ccn3S(=O)(=O)c2cccc(Cl)c2)CC1.